The van der Waals surface area contributed by atoms with Crippen molar-refractivity contribution in [2.24, 2.45) is 0 Å². The fraction of sp³-hybridized carbons (Fsp3) is 0.0968. The lowest BCUT2D eigenvalue weighted by atomic mass is 9.78. The average Bonchev–Trinajstić information content (AvgIpc) is 3.43. The molecular weight excluding hydrogens is 476 g/mol. The van der Waals surface area contributed by atoms with Gasteiger partial charge in [0.15, 0.2) is 0 Å². The zero-order valence-corrected chi connectivity index (χ0v) is 20.1. The Morgan fingerprint density at radius 2 is 0.865 bits per heavy atom. The van der Waals surface area contributed by atoms with Crippen molar-refractivity contribution in [1.29, 1.82) is 0 Å². The molecule has 6 rings (SSSR count). The van der Waals surface area contributed by atoms with Gasteiger partial charge in [0, 0.05) is 40.7 Å². The quantitative estimate of drug-likeness (QED) is 0.216. The number of rotatable bonds is 4. The van der Waals surface area contributed by atoms with Crippen LogP contribution in [0.3, 0.4) is 0 Å². The van der Waals surface area contributed by atoms with Gasteiger partial charge in [0.2, 0.25) is 0 Å². The molecule has 0 spiro atoms. The van der Waals surface area contributed by atoms with Crippen LogP contribution in [0.25, 0.3) is 33.2 Å². The van der Waals surface area contributed by atoms with Crippen LogP contribution in [0.15, 0.2) is 97.3 Å². The lowest BCUT2D eigenvalue weighted by Crippen LogP contribution is -2.18. The van der Waals surface area contributed by atoms with E-state index in [1.165, 1.54) is 24.3 Å². The summed E-state index contributed by atoms with van der Waals surface area (Å²) in [4.78, 5) is 0. The number of benzene rings is 4. The third-order valence-electron chi connectivity index (χ3n) is 7.02. The predicted molar refractivity (Wildman–Crippen MR) is 139 cm³/mol. The Labute approximate surface area is 211 Å². The van der Waals surface area contributed by atoms with Crippen molar-refractivity contribution in [1.82, 2.24) is 9.13 Å². The molecule has 2 nitrogen and oxygen atoms in total. The van der Waals surface area contributed by atoms with E-state index in [2.05, 4.69) is 13.8 Å². The van der Waals surface area contributed by atoms with Crippen LogP contribution in [0.5, 0.6) is 0 Å². The minimum atomic E-state index is -0.654. The molecule has 0 aliphatic carbocycles. The van der Waals surface area contributed by atoms with Gasteiger partial charge >= 0.3 is 0 Å². The van der Waals surface area contributed by atoms with Gasteiger partial charge in [0.25, 0.3) is 0 Å². The minimum absolute atomic E-state index is 0.383. The Hall–Kier alpha value is -4.32. The van der Waals surface area contributed by atoms with Crippen LogP contribution in [-0.4, -0.2) is 9.13 Å². The normalized spacial score (nSPS) is 12.1. The van der Waals surface area contributed by atoms with Crippen molar-refractivity contribution >= 4 is 21.8 Å². The Bertz CT molecular complexity index is 1640. The van der Waals surface area contributed by atoms with Crippen LogP contribution in [0.1, 0.15) is 25.0 Å². The molecule has 2 heterocycles. The van der Waals surface area contributed by atoms with E-state index in [0.717, 1.165) is 45.1 Å². The molecule has 0 amide bonds. The van der Waals surface area contributed by atoms with Crippen LogP contribution < -0.4 is 0 Å². The van der Waals surface area contributed by atoms with E-state index in [0.29, 0.717) is 11.4 Å². The van der Waals surface area contributed by atoms with Crippen molar-refractivity contribution in [3.05, 3.63) is 132 Å². The number of halogens is 4. The maximum atomic E-state index is 14.1. The zero-order chi connectivity index (χ0) is 25.9. The van der Waals surface area contributed by atoms with Gasteiger partial charge in [-0.1, -0.05) is 50.2 Å². The highest BCUT2D eigenvalue weighted by Crippen LogP contribution is 2.42. The second-order valence-electron chi connectivity index (χ2n) is 9.74. The first-order chi connectivity index (χ1) is 17.7. The predicted octanol–water partition coefficient (Wildman–Crippen LogP) is 8.46. The van der Waals surface area contributed by atoms with Gasteiger partial charge in [0.05, 0.1) is 22.4 Å². The van der Waals surface area contributed by atoms with E-state index >= 15 is 0 Å². The van der Waals surface area contributed by atoms with Gasteiger partial charge in [0.1, 0.15) is 23.3 Å². The molecule has 37 heavy (non-hydrogen) atoms. The van der Waals surface area contributed by atoms with E-state index in [1.54, 1.807) is 9.13 Å². The average molecular weight is 499 g/mol. The first-order valence-electron chi connectivity index (χ1n) is 11.9. The van der Waals surface area contributed by atoms with Gasteiger partial charge in [-0.25, -0.2) is 17.6 Å². The molecule has 0 radical (unpaired) electrons. The standard InChI is InChI=1S/C31H22F4N2/c1-31(2,27-17-36(29-9-5-3-7-25(27)29)23-13-19(32)11-20(33)14-23)28-18-37(30-10-6-4-8-26(28)30)24-15-21(34)12-22(35)16-24/h3-18H,1-2H3. The summed E-state index contributed by atoms with van der Waals surface area (Å²) in [5.41, 5.74) is 3.69. The summed E-state index contributed by atoms with van der Waals surface area (Å²) in [6.45, 7) is 4.15. The maximum absolute atomic E-state index is 14.1. The lowest BCUT2D eigenvalue weighted by molar-refractivity contribution is 0.581. The second kappa shape index (κ2) is 8.37. The van der Waals surface area contributed by atoms with Crippen molar-refractivity contribution in [3.63, 3.8) is 0 Å². The number of nitrogens with zero attached hydrogens (tertiary/aromatic N) is 2. The summed E-state index contributed by atoms with van der Waals surface area (Å²) < 4.78 is 60.0. The molecule has 0 aliphatic rings. The second-order valence-corrected chi connectivity index (χ2v) is 9.74. The number of aromatic nitrogens is 2. The minimum Gasteiger partial charge on any atom is -0.316 e. The van der Waals surface area contributed by atoms with Crippen LogP contribution in [0.2, 0.25) is 0 Å². The molecule has 2 aromatic heterocycles. The highest BCUT2D eigenvalue weighted by Gasteiger charge is 2.31. The van der Waals surface area contributed by atoms with Gasteiger partial charge in [-0.3, -0.25) is 0 Å². The molecule has 0 saturated carbocycles. The molecule has 4 aromatic carbocycles. The first-order valence-corrected chi connectivity index (χ1v) is 11.9. The summed E-state index contributed by atoms with van der Waals surface area (Å²) in [5.74, 6) is -2.61. The molecule has 6 aromatic rings. The zero-order valence-electron chi connectivity index (χ0n) is 20.1. The third-order valence-corrected chi connectivity index (χ3v) is 7.02. The van der Waals surface area contributed by atoms with Crippen molar-refractivity contribution in [2.75, 3.05) is 0 Å². The van der Waals surface area contributed by atoms with E-state index in [4.69, 9.17) is 0 Å². The highest BCUT2D eigenvalue weighted by molar-refractivity contribution is 5.91. The smallest absolute Gasteiger partial charge is 0.128 e. The van der Waals surface area contributed by atoms with Gasteiger partial charge < -0.3 is 9.13 Å². The van der Waals surface area contributed by atoms with Crippen molar-refractivity contribution in [2.45, 2.75) is 19.3 Å². The lowest BCUT2D eigenvalue weighted by Gasteiger charge is -2.24. The molecule has 0 fully saturated rings. The molecule has 0 aliphatic heterocycles. The van der Waals surface area contributed by atoms with Crippen molar-refractivity contribution in [3.8, 4) is 11.4 Å². The summed E-state index contributed by atoms with van der Waals surface area (Å²) in [5, 5.41) is 1.87. The Balaban J connectivity index is 1.60. The summed E-state index contributed by atoms with van der Waals surface area (Å²) in [6, 6.07) is 22.3. The largest absolute Gasteiger partial charge is 0.316 e. The molecule has 0 atom stereocenters. The molecular formula is C31H22F4N2. The highest BCUT2D eigenvalue weighted by atomic mass is 19.1. The first kappa shape index (κ1) is 23.1. The topological polar surface area (TPSA) is 9.86 Å². The van der Waals surface area contributed by atoms with Crippen molar-refractivity contribution < 1.29 is 17.6 Å². The van der Waals surface area contributed by atoms with Crippen LogP contribution in [-0.2, 0) is 5.41 Å². The molecule has 6 heteroatoms. The molecule has 0 N–H and O–H groups in total. The van der Waals surface area contributed by atoms with Gasteiger partial charge in [-0.2, -0.15) is 0 Å². The van der Waals surface area contributed by atoms with Crippen LogP contribution >= 0.6 is 0 Å². The fourth-order valence-corrected chi connectivity index (χ4v) is 5.28. The molecule has 0 bridgehead atoms. The summed E-state index contributed by atoms with van der Waals surface area (Å²) >= 11 is 0. The number of hydrogen-bond donors (Lipinski definition) is 0. The third kappa shape index (κ3) is 3.80. The number of hydrogen-bond acceptors (Lipinski definition) is 0. The molecule has 0 unspecified atom stereocenters. The molecule has 184 valence electrons. The number of para-hydroxylation sites is 2. The summed E-state index contributed by atoms with van der Waals surface area (Å²) in [7, 11) is 0. The van der Waals surface area contributed by atoms with Crippen LogP contribution in [0.4, 0.5) is 17.6 Å². The maximum Gasteiger partial charge on any atom is 0.128 e. The Morgan fingerprint density at radius 1 is 0.514 bits per heavy atom. The van der Waals surface area contributed by atoms with E-state index < -0.39 is 28.7 Å². The van der Waals surface area contributed by atoms with Gasteiger partial charge in [-0.15, -0.1) is 0 Å². The fourth-order valence-electron chi connectivity index (χ4n) is 5.28. The van der Waals surface area contributed by atoms with E-state index in [9.17, 15) is 17.6 Å². The monoisotopic (exact) mass is 498 g/mol. The van der Waals surface area contributed by atoms with E-state index in [-0.39, 0.29) is 0 Å². The van der Waals surface area contributed by atoms with E-state index in [1.807, 2.05) is 60.9 Å². The Kier molecular flexibility index (Phi) is 5.23. The van der Waals surface area contributed by atoms with Gasteiger partial charge in [-0.05, 0) is 47.5 Å². The SMILES string of the molecule is CC(C)(c1cn(-c2cc(F)cc(F)c2)c2ccccc12)c1cn(-c2cc(F)cc(F)c2)c2ccccc12. The summed E-state index contributed by atoms with van der Waals surface area (Å²) in [6.07, 6.45) is 3.82. The Morgan fingerprint density at radius 3 is 1.24 bits per heavy atom. The number of fused-ring (bicyclic) bond motifs is 2. The molecule has 0 saturated heterocycles. The van der Waals surface area contributed by atoms with Crippen LogP contribution in [0, 0.1) is 23.3 Å².